The summed E-state index contributed by atoms with van der Waals surface area (Å²) >= 11 is 0. The Morgan fingerprint density at radius 3 is 0.925 bits per heavy atom. The van der Waals surface area contributed by atoms with Crippen molar-refractivity contribution in [1.82, 2.24) is 0 Å². The highest BCUT2D eigenvalue weighted by molar-refractivity contribution is 7.80. The van der Waals surface area contributed by atoms with E-state index in [0.717, 1.165) is 26.1 Å². The largest absolute Gasteiger partial charge is 0.397 e. The van der Waals surface area contributed by atoms with Crippen LogP contribution in [0.1, 0.15) is 59.3 Å². The molecule has 0 aliphatic carbocycles. The number of hydrogen-bond donors (Lipinski definition) is 3. The van der Waals surface area contributed by atoms with Gasteiger partial charge in [0.25, 0.3) is 0 Å². The highest BCUT2D eigenvalue weighted by Crippen LogP contribution is 2.05. The summed E-state index contributed by atoms with van der Waals surface area (Å²) < 4.78 is 37.4. The van der Waals surface area contributed by atoms with Crippen molar-refractivity contribution in [2.24, 2.45) is 0 Å². The quantitative estimate of drug-likeness (QED) is 0.123. The molecule has 0 rings (SSSR count). The van der Waals surface area contributed by atoms with E-state index in [1.165, 1.54) is 19.3 Å². The van der Waals surface area contributed by atoms with Crippen LogP contribution in [0, 0.1) is 0 Å². The van der Waals surface area contributed by atoms with Crippen molar-refractivity contribution in [2.45, 2.75) is 59.3 Å². The first kappa shape index (κ1) is 76.8. The Labute approximate surface area is 253 Å². The fourth-order valence-electron chi connectivity index (χ4n) is 1.25. The van der Waals surface area contributed by atoms with Gasteiger partial charge in [0.15, 0.2) is 0 Å². The lowest BCUT2D eigenvalue weighted by atomic mass is 10.1. The van der Waals surface area contributed by atoms with Gasteiger partial charge in [-0.1, -0.05) is 39.0 Å². The molecule has 0 aromatic carbocycles. The minimum atomic E-state index is -4.22. The first-order valence-corrected chi connectivity index (χ1v) is 13.7. The Morgan fingerprint density at radius 1 is 0.500 bits per heavy atom. The van der Waals surface area contributed by atoms with E-state index < -0.39 is 10.4 Å². The molecule has 0 atom stereocenters. The first-order valence-electron chi connectivity index (χ1n) is 12.3. The molecule has 8 heteroatoms. The molecule has 3 N–H and O–H groups in total. The molecule has 0 bridgehead atoms. The molecule has 0 heterocycles. The summed E-state index contributed by atoms with van der Waals surface area (Å²) in [6.07, 6.45) is 6.34. The fourth-order valence-corrected chi connectivity index (χ4v) is 1.58. The van der Waals surface area contributed by atoms with E-state index >= 15 is 0 Å². The van der Waals surface area contributed by atoms with Crippen molar-refractivity contribution in [1.29, 1.82) is 0 Å². The number of aliphatic hydroxyl groups excluding tert-OH is 2. The smallest absolute Gasteiger partial charge is 0.394 e. The van der Waals surface area contributed by atoms with E-state index in [1.54, 1.807) is 0 Å². The highest BCUT2D eigenvalue weighted by Gasteiger charge is 2.02. The van der Waals surface area contributed by atoms with Gasteiger partial charge in [0.1, 0.15) is 0 Å². The summed E-state index contributed by atoms with van der Waals surface area (Å²) in [6, 6.07) is 0. The monoisotopic (exact) mass is 598 g/mol. The predicted molar refractivity (Wildman–Crippen MR) is 189 cm³/mol. The summed E-state index contributed by atoms with van der Waals surface area (Å²) in [5, 5.41) is 15.2. The number of ether oxygens (including phenoxy) is 1. The zero-order valence-corrected chi connectivity index (χ0v) is 27.7. The number of unbranched alkanes of at least 4 members (excludes halogenated alkanes) is 5. The van der Waals surface area contributed by atoms with Crippen molar-refractivity contribution in [3.05, 3.63) is 118 Å². The van der Waals surface area contributed by atoms with E-state index in [-0.39, 0.29) is 19.8 Å². The van der Waals surface area contributed by atoms with Gasteiger partial charge in [-0.2, -0.15) is 8.42 Å². The Bertz CT molecular complexity index is 360. The van der Waals surface area contributed by atoms with Crippen LogP contribution in [0.5, 0.6) is 0 Å². The molecular formula is C32H70O7S. The van der Waals surface area contributed by atoms with Crippen LogP contribution < -0.4 is 0 Å². The van der Waals surface area contributed by atoms with Gasteiger partial charge in [-0.3, -0.25) is 4.55 Å². The van der Waals surface area contributed by atoms with Crippen LogP contribution in [0.2, 0.25) is 0 Å². The van der Waals surface area contributed by atoms with Gasteiger partial charge in [-0.05, 0) is 20.3 Å². The molecule has 0 spiro atoms. The molecule has 40 heavy (non-hydrogen) atoms. The lowest BCUT2D eigenvalue weighted by Crippen LogP contribution is -2.04. The molecule has 0 radical (unpaired) electrons. The molecule has 0 unspecified atom stereocenters. The normalized spacial score (nSPS) is 6.55. The molecule has 0 aliphatic heterocycles. The van der Waals surface area contributed by atoms with Crippen LogP contribution in [0.25, 0.3) is 0 Å². The first-order chi connectivity index (χ1) is 19.4. The lowest BCUT2D eigenvalue weighted by molar-refractivity contribution is 0.162. The summed E-state index contributed by atoms with van der Waals surface area (Å²) in [6.45, 7) is 61.6. The Hall–Kier alpha value is -2.59. The summed E-state index contributed by atoms with van der Waals surface area (Å²) in [7, 11) is -4.22. The maximum absolute atomic E-state index is 10.1. The molecule has 7 nitrogen and oxygen atoms in total. The van der Waals surface area contributed by atoms with Crippen LogP contribution >= 0.6 is 0 Å². The van der Waals surface area contributed by atoms with Gasteiger partial charge >= 0.3 is 10.4 Å². The number of aliphatic hydroxyl groups is 2. The Kier molecular flexibility index (Phi) is 326. The van der Waals surface area contributed by atoms with E-state index in [2.05, 4.69) is 130 Å². The second-order valence-corrected chi connectivity index (χ2v) is 5.34. The lowest BCUT2D eigenvalue weighted by Gasteiger charge is -2.00. The van der Waals surface area contributed by atoms with Crippen LogP contribution in [0.15, 0.2) is 118 Å². The van der Waals surface area contributed by atoms with Gasteiger partial charge < -0.3 is 14.9 Å². The van der Waals surface area contributed by atoms with Gasteiger partial charge in [0, 0.05) is 13.2 Å². The predicted octanol–water partition coefficient (Wildman–Crippen LogP) is 9.40. The summed E-state index contributed by atoms with van der Waals surface area (Å²) in [5.74, 6) is 0. The minimum Gasteiger partial charge on any atom is -0.394 e. The Balaban J connectivity index is -0.0000000246. The molecule has 0 amide bonds. The standard InChI is InChI=1S/C8H18O4S.C4H10O.C2H6O2.9C2H4/c1-2-3-4-5-6-7-8-12-13(9,10)11;1-3-5-4-2;3-1-2-4;9*1-2/h2-8H2,1H3,(H,9,10,11);3-4H2,1-2H3;3-4H,1-2H2;9*1-2H2. The molecule has 0 aromatic heterocycles. The SMILES string of the molecule is C=C.C=C.C=C.C=C.C=C.C=C.C=C.C=C.C=C.CCCCCCCCOS(=O)(=O)O.CCOCC.OCCO. The fraction of sp³-hybridized carbons (Fsp3) is 0.438. The van der Waals surface area contributed by atoms with Crippen LogP contribution in [0.3, 0.4) is 0 Å². The number of rotatable bonds is 11. The zero-order valence-electron chi connectivity index (χ0n) is 26.9. The van der Waals surface area contributed by atoms with E-state index in [0.29, 0.717) is 6.42 Å². The van der Waals surface area contributed by atoms with Gasteiger partial charge in [-0.15, -0.1) is 118 Å². The van der Waals surface area contributed by atoms with Crippen molar-refractivity contribution >= 4 is 10.4 Å². The van der Waals surface area contributed by atoms with Gasteiger partial charge in [0.2, 0.25) is 0 Å². The third-order valence-corrected chi connectivity index (χ3v) is 2.70. The van der Waals surface area contributed by atoms with Crippen LogP contribution in [-0.2, 0) is 19.3 Å². The van der Waals surface area contributed by atoms with Crippen LogP contribution in [0.4, 0.5) is 0 Å². The van der Waals surface area contributed by atoms with Crippen molar-refractivity contribution in [3.8, 4) is 0 Å². The highest BCUT2D eigenvalue weighted by atomic mass is 32.3. The molecule has 246 valence electrons. The van der Waals surface area contributed by atoms with Gasteiger partial charge in [-0.25, -0.2) is 4.18 Å². The molecule has 0 aliphatic rings. The minimum absolute atomic E-state index is 0.0883. The molecule has 0 saturated heterocycles. The van der Waals surface area contributed by atoms with E-state index in [4.69, 9.17) is 19.5 Å². The zero-order chi connectivity index (χ0) is 35.7. The topological polar surface area (TPSA) is 113 Å². The summed E-state index contributed by atoms with van der Waals surface area (Å²) in [4.78, 5) is 0. The molecule has 0 aromatic rings. The van der Waals surface area contributed by atoms with Crippen LogP contribution in [-0.4, -0.2) is 56.2 Å². The maximum atomic E-state index is 10.1. The van der Waals surface area contributed by atoms with Crippen molar-refractivity contribution in [2.75, 3.05) is 33.0 Å². The maximum Gasteiger partial charge on any atom is 0.397 e. The van der Waals surface area contributed by atoms with Crippen molar-refractivity contribution < 1.29 is 32.1 Å². The number of hydrogen-bond acceptors (Lipinski definition) is 6. The Morgan fingerprint density at radius 2 is 0.750 bits per heavy atom. The summed E-state index contributed by atoms with van der Waals surface area (Å²) in [5.41, 5.74) is 0. The molecule has 0 saturated carbocycles. The van der Waals surface area contributed by atoms with Crippen molar-refractivity contribution in [3.63, 3.8) is 0 Å². The van der Waals surface area contributed by atoms with Gasteiger partial charge in [0.05, 0.1) is 19.8 Å². The van der Waals surface area contributed by atoms with E-state index in [1.807, 2.05) is 13.8 Å². The molecular weight excluding hydrogens is 528 g/mol. The average Bonchev–Trinajstić information content (AvgIpc) is 3.06. The molecule has 0 fully saturated rings. The average molecular weight is 599 g/mol. The second-order valence-electron chi connectivity index (χ2n) is 4.25. The van der Waals surface area contributed by atoms with E-state index in [9.17, 15) is 8.42 Å². The second kappa shape index (κ2) is 170. The third kappa shape index (κ3) is 387. The third-order valence-electron chi connectivity index (χ3n) is 2.24.